The summed E-state index contributed by atoms with van der Waals surface area (Å²) in [5, 5.41) is 7.56. The fraction of sp³-hybridized carbons (Fsp3) is 0.533. The second-order valence-corrected chi connectivity index (χ2v) is 5.59. The van der Waals surface area contributed by atoms with Crippen molar-refractivity contribution in [3.05, 3.63) is 29.3 Å². The van der Waals surface area contributed by atoms with E-state index in [2.05, 4.69) is 4.90 Å². The zero-order valence-corrected chi connectivity index (χ0v) is 11.8. The number of nitrogen functional groups attached to an aromatic ring is 1. The number of nitrogens with zero attached hydrogens (tertiary/aromatic N) is 1. The molecule has 0 amide bonds. The Labute approximate surface area is 119 Å². The van der Waals surface area contributed by atoms with Gasteiger partial charge in [0.25, 0.3) is 0 Å². The Balaban J connectivity index is 1.78. The van der Waals surface area contributed by atoms with Crippen molar-refractivity contribution in [1.82, 2.24) is 4.90 Å². The topological polar surface area (TPSA) is 71.6 Å². The molecule has 0 saturated carbocycles. The molecule has 1 aromatic carbocycles. The highest BCUT2D eigenvalue weighted by atomic mass is 16.5. The number of hydrogen-bond donors (Lipinski definition) is 2. The Hall–Kier alpha value is -1.59. The van der Waals surface area contributed by atoms with Gasteiger partial charge in [0.15, 0.2) is 0 Å². The minimum atomic E-state index is 0.0935. The summed E-state index contributed by atoms with van der Waals surface area (Å²) in [4.78, 5) is 2.41. The maximum Gasteiger partial charge on any atom is 0.123 e. The summed E-state index contributed by atoms with van der Waals surface area (Å²) in [6.45, 7) is 2.77. The van der Waals surface area contributed by atoms with Gasteiger partial charge in [-0.2, -0.15) is 0 Å². The smallest absolute Gasteiger partial charge is 0.123 e. The molecule has 3 N–H and O–H groups in total. The average molecular weight is 275 g/mol. The summed E-state index contributed by atoms with van der Waals surface area (Å²) in [7, 11) is 1.68. The molecule has 0 spiro atoms. The van der Waals surface area contributed by atoms with Gasteiger partial charge in [-0.05, 0) is 31.0 Å². The first-order valence-corrected chi connectivity index (χ1v) is 7.05. The first-order valence-electron chi connectivity index (χ1n) is 7.05. The van der Waals surface area contributed by atoms with E-state index in [4.69, 9.17) is 20.6 Å². The van der Waals surface area contributed by atoms with E-state index in [0.29, 0.717) is 12.2 Å². The molecule has 2 bridgehead atoms. The molecular formula is C15H21N3O2. The van der Waals surface area contributed by atoms with Crippen LogP contribution in [0.15, 0.2) is 18.2 Å². The number of hydrogen-bond acceptors (Lipinski definition) is 4. The Morgan fingerprint density at radius 2 is 2.10 bits per heavy atom. The molecule has 2 atom stereocenters. The van der Waals surface area contributed by atoms with E-state index in [1.807, 2.05) is 18.2 Å². The number of fused-ring (bicyclic) bond motifs is 2. The average Bonchev–Trinajstić information content (AvgIpc) is 2.78. The number of rotatable bonds is 4. The lowest BCUT2D eigenvalue weighted by molar-refractivity contribution is -0.0412. The van der Waals surface area contributed by atoms with Gasteiger partial charge >= 0.3 is 0 Å². The zero-order chi connectivity index (χ0) is 14.1. The second-order valence-electron chi connectivity index (χ2n) is 5.59. The third kappa shape index (κ3) is 2.64. The maximum atomic E-state index is 7.56. The van der Waals surface area contributed by atoms with Crippen molar-refractivity contribution in [3.8, 4) is 5.75 Å². The lowest BCUT2D eigenvalue weighted by Crippen LogP contribution is -2.42. The van der Waals surface area contributed by atoms with Crippen LogP contribution >= 0.6 is 0 Å². The first-order chi connectivity index (χ1) is 9.65. The van der Waals surface area contributed by atoms with Gasteiger partial charge in [-0.1, -0.05) is 0 Å². The van der Waals surface area contributed by atoms with Crippen LogP contribution in [0.5, 0.6) is 5.75 Å². The summed E-state index contributed by atoms with van der Waals surface area (Å²) in [6, 6.07) is 5.67. The minimum absolute atomic E-state index is 0.0935. The lowest BCUT2D eigenvalue weighted by atomic mass is 10.1. The van der Waals surface area contributed by atoms with E-state index in [0.717, 1.165) is 36.5 Å². The highest BCUT2D eigenvalue weighted by molar-refractivity contribution is 5.95. The molecule has 1 aromatic rings. The third-order valence-electron chi connectivity index (χ3n) is 4.10. The van der Waals surface area contributed by atoms with Crippen LogP contribution < -0.4 is 10.5 Å². The van der Waals surface area contributed by atoms with Crippen molar-refractivity contribution >= 4 is 5.84 Å². The van der Waals surface area contributed by atoms with E-state index >= 15 is 0 Å². The Morgan fingerprint density at radius 1 is 1.40 bits per heavy atom. The van der Waals surface area contributed by atoms with Crippen molar-refractivity contribution in [1.29, 1.82) is 5.41 Å². The van der Waals surface area contributed by atoms with Gasteiger partial charge in [0.2, 0.25) is 0 Å². The predicted molar refractivity (Wildman–Crippen MR) is 77.2 cm³/mol. The molecule has 20 heavy (non-hydrogen) atoms. The standard InChI is InChI=1S/C15H21N3O2/c1-19-14-5-2-10(15(16)17)6-11(14)7-18-8-12-3-4-13(9-18)20-12/h2,5-6,12-13H,3-4,7-9H2,1H3,(H3,16,17). The summed E-state index contributed by atoms with van der Waals surface area (Å²) >= 11 is 0. The van der Waals surface area contributed by atoms with Gasteiger partial charge in [0, 0.05) is 30.8 Å². The van der Waals surface area contributed by atoms with Crippen molar-refractivity contribution in [2.45, 2.75) is 31.6 Å². The number of benzene rings is 1. The third-order valence-corrected chi connectivity index (χ3v) is 4.10. The van der Waals surface area contributed by atoms with Crippen LogP contribution in [0.1, 0.15) is 24.0 Å². The zero-order valence-electron chi connectivity index (χ0n) is 11.8. The van der Waals surface area contributed by atoms with Gasteiger partial charge in [0.1, 0.15) is 11.6 Å². The Morgan fingerprint density at radius 3 is 2.70 bits per heavy atom. The molecule has 5 nitrogen and oxygen atoms in total. The van der Waals surface area contributed by atoms with E-state index in [9.17, 15) is 0 Å². The van der Waals surface area contributed by atoms with E-state index in [1.165, 1.54) is 12.8 Å². The molecule has 2 fully saturated rings. The summed E-state index contributed by atoms with van der Waals surface area (Å²) in [5.74, 6) is 0.949. The quantitative estimate of drug-likeness (QED) is 0.642. The van der Waals surface area contributed by atoms with Gasteiger partial charge < -0.3 is 15.2 Å². The molecule has 5 heteroatoms. The van der Waals surface area contributed by atoms with Crippen molar-refractivity contribution in [3.63, 3.8) is 0 Å². The molecular weight excluding hydrogens is 254 g/mol. The summed E-state index contributed by atoms with van der Waals surface area (Å²) in [5.41, 5.74) is 7.40. The number of morpholine rings is 1. The highest BCUT2D eigenvalue weighted by Gasteiger charge is 2.33. The van der Waals surface area contributed by atoms with Crippen LogP contribution in [0.3, 0.4) is 0 Å². The largest absolute Gasteiger partial charge is 0.496 e. The van der Waals surface area contributed by atoms with Crippen LogP contribution in [0, 0.1) is 5.41 Å². The second kappa shape index (κ2) is 5.42. The number of amidine groups is 1. The molecule has 2 aliphatic heterocycles. The van der Waals surface area contributed by atoms with Crippen LogP contribution in [-0.2, 0) is 11.3 Å². The predicted octanol–water partition coefficient (Wildman–Crippen LogP) is 1.34. The van der Waals surface area contributed by atoms with Crippen LogP contribution in [0.25, 0.3) is 0 Å². The van der Waals surface area contributed by atoms with Crippen molar-refractivity contribution in [2.24, 2.45) is 5.73 Å². The highest BCUT2D eigenvalue weighted by Crippen LogP contribution is 2.29. The van der Waals surface area contributed by atoms with E-state index in [1.54, 1.807) is 7.11 Å². The molecule has 2 unspecified atom stereocenters. The minimum Gasteiger partial charge on any atom is -0.496 e. The number of ether oxygens (including phenoxy) is 2. The number of nitrogens with one attached hydrogen (secondary N) is 1. The molecule has 2 heterocycles. The van der Waals surface area contributed by atoms with Gasteiger partial charge in [0.05, 0.1) is 19.3 Å². The fourth-order valence-electron chi connectivity index (χ4n) is 3.14. The first kappa shape index (κ1) is 13.4. The van der Waals surface area contributed by atoms with Gasteiger partial charge in [-0.3, -0.25) is 10.3 Å². The Bertz CT molecular complexity index is 506. The lowest BCUT2D eigenvalue weighted by Gasteiger charge is -2.32. The monoisotopic (exact) mass is 275 g/mol. The molecule has 2 saturated heterocycles. The molecule has 3 rings (SSSR count). The maximum absolute atomic E-state index is 7.56. The Kier molecular flexibility index (Phi) is 3.63. The molecule has 0 radical (unpaired) electrons. The van der Waals surface area contributed by atoms with Gasteiger partial charge in [-0.25, -0.2) is 0 Å². The van der Waals surface area contributed by atoms with E-state index in [-0.39, 0.29) is 5.84 Å². The van der Waals surface area contributed by atoms with Crippen molar-refractivity contribution in [2.75, 3.05) is 20.2 Å². The normalized spacial score (nSPS) is 25.6. The number of methoxy groups -OCH3 is 1. The van der Waals surface area contributed by atoms with E-state index < -0.39 is 0 Å². The fourth-order valence-corrected chi connectivity index (χ4v) is 3.14. The van der Waals surface area contributed by atoms with Crippen LogP contribution in [0.2, 0.25) is 0 Å². The molecule has 2 aliphatic rings. The van der Waals surface area contributed by atoms with Crippen molar-refractivity contribution < 1.29 is 9.47 Å². The molecule has 108 valence electrons. The summed E-state index contributed by atoms with van der Waals surface area (Å²) in [6.07, 6.45) is 3.11. The number of likely N-dealkylation sites (tertiary alicyclic amines) is 1. The summed E-state index contributed by atoms with van der Waals surface area (Å²) < 4.78 is 11.3. The molecule has 0 aromatic heterocycles. The molecule has 0 aliphatic carbocycles. The van der Waals surface area contributed by atoms with Crippen LogP contribution in [-0.4, -0.2) is 43.1 Å². The SMILES string of the molecule is COc1ccc(C(=N)N)cc1CN1CC2CCC(C1)O2. The van der Waals surface area contributed by atoms with Gasteiger partial charge in [-0.15, -0.1) is 0 Å². The van der Waals surface area contributed by atoms with Crippen LogP contribution in [0.4, 0.5) is 0 Å². The number of nitrogens with two attached hydrogens (primary N) is 1.